The number of phenolic OH excluding ortho intramolecular Hbond substituents is 2. The number of phenols is 2. The van der Waals surface area contributed by atoms with E-state index >= 15 is 0 Å². The van der Waals surface area contributed by atoms with Gasteiger partial charge in [-0.1, -0.05) is 0 Å². The van der Waals surface area contributed by atoms with Gasteiger partial charge in [0.15, 0.2) is 11.6 Å². The zero-order valence-corrected chi connectivity index (χ0v) is 14.1. The van der Waals surface area contributed by atoms with Crippen LogP contribution in [0.15, 0.2) is 64.8 Å². The Labute approximate surface area is 154 Å². The molecule has 0 amide bonds. The summed E-state index contributed by atoms with van der Waals surface area (Å²) in [4.78, 5) is 8.07. The maximum Gasteiger partial charge on any atom is 0.224 e. The van der Waals surface area contributed by atoms with Crippen LogP contribution in [0.25, 0.3) is 0 Å². The van der Waals surface area contributed by atoms with E-state index in [-0.39, 0.29) is 17.4 Å². The van der Waals surface area contributed by atoms with Crippen LogP contribution in [0.1, 0.15) is 11.1 Å². The number of anilines is 3. The molecule has 0 bridgehead atoms. The Morgan fingerprint density at radius 3 is 1.56 bits per heavy atom. The van der Waals surface area contributed by atoms with Crippen LogP contribution >= 0.6 is 0 Å². The van der Waals surface area contributed by atoms with Crippen LogP contribution in [0.5, 0.6) is 11.5 Å². The zero-order chi connectivity index (χ0) is 19.1. The van der Waals surface area contributed by atoms with Crippen LogP contribution in [-0.2, 0) is 0 Å². The SMILES string of the molecule is Nc1nc(N/N=C\c2ccc(O)cc2)cc(N/N=C\c2ccc(O)cc2)n1. The number of nitrogens with zero attached hydrogens (tertiary/aromatic N) is 4. The summed E-state index contributed by atoms with van der Waals surface area (Å²) in [6.07, 6.45) is 3.15. The van der Waals surface area contributed by atoms with Crippen LogP contribution in [0.2, 0.25) is 0 Å². The van der Waals surface area contributed by atoms with Gasteiger partial charge in [0.2, 0.25) is 5.95 Å². The third-order valence-corrected chi connectivity index (χ3v) is 3.32. The maximum atomic E-state index is 9.26. The Bertz CT molecular complexity index is 879. The first-order chi connectivity index (χ1) is 13.1. The molecular formula is C18H17N7O2. The number of nitrogens with two attached hydrogens (primary N) is 1. The molecule has 6 N–H and O–H groups in total. The van der Waals surface area contributed by atoms with Gasteiger partial charge in [-0.15, -0.1) is 0 Å². The molecule has 136 valence electrons. The average Bonchev–Trinajstić information content (AvgIpc) is 2.65. The number of nitrogens with one attached hydrogen (secondary N) is 2. The number of aromatic nitrogens is 2. The van der Waals surface area contributed by atoms with E-state index in [0.717, 1.165) is 11.1 Å². The van der Waals surface area contributed by atoms with Crippen LogP contribution in [0, 0.1) is 0 Å². The molecule has 0 aliphatic rings. The van der Waals surface area contributed by atoms with Crippen molar-refractivity contribution in [1.29, 1.82) is 0 Å². The van der Waals surface area contributed by atoms with E-state index in [9.17, 15) is 10.2 Å². The molecule has 3 aromatic rings. The van der Waals surface area contributed by atoms with Crippen LogP contribution in [0.4, 0.5) is 17.6 Å². The van der Waals surface area contributed by atoms with Gasteiger partial charge in [0.1, 0.15) is 11.5 Å². The minimum atomic E-state index is 0.0576. The van der Waals surface area contributed by atoms with E-state index in [0.29, 0.717) is 11.6 Å². The lowest BCUT2D eigenvalue weighted by molar-refractivity contribution is 0.475. The molecule has 0 saturated carbocycles. The first kappa shape index (κ1) is 17.7. The van der Waals surface area contributed by atoms with Crippen molar-refractivity contribution < 1.29 is 10.2 Å². The number of rotatable bonds is 6. The summed E-state index contributed by atoms with van der Waals surface area (Å²) in [6.45, 7) is 0. The second-order valence-electron chi connectivity index (χ2n) is 5.42. The van der Waals surface area contributed by atoms with Gasteiger partial charge in [0.05, 0.1) is 12.4 Å². The number of nitrogen functional groups attached to an aromatic ring is 1. The van der Waals surface area contributed by atoms with Crippen LogP contribution in [0.3, 0.4) is 0 Å². The molecule has 0 fully saturated rings. The monoisotopic (exact) mass is 363 g/mol. The molecule has 9 heteroatoms. The van der Waals surface area contributed by atoms with Gasteiger partial charge in [0.25, 0.3) is 0 Å². The van der Waals surface area contributed by atoms with E-state index in [1.54, 1.807) is 67.0 Å². The highest BCUT2D eigenvalue weighted by atomic mass is 16.3. The second kappa shape index (κ2) is 8.30. The van der Waals surface area contributed by atoms with Crippen LogP contribution in [-0.4, -0.2) is 32.6 Å². The van der Waals surface area contributed by atoms with Crippen molar-refractivity contribution in [2.75, 3.05) is 16.6 Å². The molecule has 0 spiro atoms. The number of hydrogen-bond acceptors (Lipinski definition) is 9. The van der Waals surface area contributed by atoms with Gasteiger partial charge in [0, 0.05) is 6.07 Å². The summed E-state index contributed by atoms with van der Waals surface area (Å²) in [6, 6.07) is 14.8. The Balaban J connectivity index is 1.63. The fraction of sp³-hybridized carbons (Fsp3) is 0. The van der Waals surface area contributed by atoms with Gasteiger partial charge in [-0.25, -0.2) is 0 Å². The highest BCUT2D eigenvalue weighted by molar-refractivity contribution is 5.81. The lowest BCUT2D eigenvalue weighted by Crippen LogP contribution is -2.03. The van der Waals surface area contributed by atoms with Crippen molar-refractivity contribution in [1.82, 2.24) is 9.97 Å². The molecule has 3 rings (SSSR count). The van der Waals surface area contributed by atoms with Crippen molar-refractivity contribution in [3.05, 3.63) is 65.7 Å². The van der Waals surface area contributed by atoms with Crippen molar-refractivity contribution in [2.45, 2.75) is 0 Å². The lowest BCUT2D eigenvalue weighted by atomic mass is 10.2. The fourth-order valence-corrected chi connectivity index (χ4v) is 2.05. The number of benzene rings is 2. The summed E-state index contributed by atoms with van der Waals surface area (Å²) in [5, 5.41) is 26.6. The molecule has 0 unspecified atom stereocenters. The molecule has 27 heavy (non-hydrogen) atoms. The summed E-state index contributed by atoms with van der Waals surface area (Å²) >= 11 is 0. The van der Waals surface area contributed by atoms with E-state index in [4.69, 9.17) is 5.73 Å². The Hall–Kier alpha value is -4.14. The molecule has 9 nitrogen and oxygen atoms in total. The Kier molecular flexibility index (Phi) is 5.43. The molecule has 1 aromatic heterocycles. The number of hydrogen-bond donors (Lipinski definition) is 5. The maximum absolute atomic E-state index is 9.26. The third-order valence-electron chi connectivity index (χ3n) is 3.32. The van der Waals surface area contributed by atoms with Gasteiger partial charge in [-0.3, -0.25) is 10.9 Å². The third kappa shape index (κ3) is 5.43. The highest BCUT2D eigenvalue weighted by Crippen LogP contribution is 2.13. The van der Waals surface area contributed by atoms with Crippen molar-refractivity contribution >= 4 is 30.0 Å². The molecule has 0 radical (unpaired) electrons. The predicted octanol–water partition coefficient (Wildman–Crippen LogP) is 2.36. The number of hydrazone groups is 2. The highest BCUT2D eigenvalue weighted by Gasteiger charge is 2.01. The molecule has 0 atom stereocenters. The average molecular weight is 363 g/mol. The Morgan fingerprint density at radius 1 is 0.741 bits per heavy atom. The first-order valence-corrected chi connectivity index (χ1v) is 7.89. The van der Waals surface area contributed by atoms with E-state index < -0.39 is 0 Å². The normalized spacial score (nSPS) is 11.1. The second-order valence-corrected chi connectivity index (χ2v) is 5.42. The molecule has 0 saturated heterocycles. The quantitative estimate of drug-likeness (QED) is 0.334. The van der Waals surface area contributed by atoms with Gasteiger partial charge in [-0.05, 0) is 59.7 Å². The number of aromatic hydroxyl groups is 2. The smallest absolute Gasteiger partial charge is 0.224 e. The van der Waals surface area contributed by atoms with Gasteiger partial charge < -0.3 is 15.9 Å². The standard InChI is InChI=1S/C18H17N7O2/c19-18-22-16(24-20-10-12-1-5-14(26)6-2-12)9-17(23-18)25-21-11-13-3-7-15(27)8-4-13/h1-11,26-27H,(H4,19,22,23,24,25)/b20-10-,21-11-. The first-order valence-electron chi connectivity index (χ1n) is 7.89. The Morgan fingerprint density at radius 2 is 1.15 bits per heavy atom. The van der Waals surface area contributed by atoms with E-state index in [1.807, 2.05) is 0 Å². The molecule has 0 aliphatic carbocycles. The van der Waals surface area contributed by atoms with E-state index in [2.05, 4.69) is 31.0 Å². The minimum Gasteiger partial charge on any atom is -0.508 e. The van der Waals surface area contributed by atoms with Crippen molar-refractivity contribution in [3.8, 4) is 11.5 Å². The van der Waals surface area contributed by atoms with Crippen molar-refractivity contribution in [2.24, 2.45) is 10.2 Å². The molecular weight excluding hydrogens is 346 g/mol. The molecule has 2 aromatic carbocycles. The lowest BCUT2D eigenvalue weighted by Gasteiger charge is -2.04. The predicted molar refractivity (Wildman–Crippen MR) is 105 cm³/mol. The zero-order valence-electron chi connectivity index (χ0n) is 14.1. The fourth-order valence-electron chi connectivity index (χ4n) is 2.05. The summed E-state index contributed by atoms with van der Waals surface area (Å²) in [7, 11) is 0. The van der Waals surface area contributed by atoms with Crippen molar-refractivity contribution in [3.63, 3.8) is 0 Å². The van der Waals surface area contributed by atoms with Crippen LogP contribution < -0.4 is 16.6 Å². The van der Waals surface area contributed by atoms with E-state index in [1.165, 1.54) is 0 Å². The minimum absolute atomic E-state index is 0.0576. The summed E-state index contributed by atoms with van der Waals surface area (Å²) < 4.78 is 0. The summed E-state index contributed by atoms with van der Waals surface area (Å²) in [5.41, 5.74) is 12.8. The van der Waals surface area contributed by atoms with Gasteiger partial charge in [-0.2, -0.15) is 20.2 Å². The summed E-state index contributed by atoms with van der Waals surface area (Å²) in [5.74, 6) is 1.21. The largest absolute Gasteiger partial charge is 0.508 e. The van der Waals surface area contributed by atoms with Gasteiger partial charge >= 0.3 is 0 Å². The topological polar surface area (TPSA) is 141 Å². The molecule has 0 aliphatic heterocycles. The molecule has 1 heterocycles.